The van der Waals surface area contributed by atoms with Gasteiger partial charge in [0.15, 0.2) is 5.96 Å². The quantitative estimate of drug-likeness (QED) is 0.634. The molecule has 3 rings (SSSR count). The van der Waals surface area contributed by atoms with Crippen LogP contribution in [0.3, 0.4) is 0 Å². The summed E-state index contributed by atoms with van der Waals surface area (Å²) < 4.78 is 0. The molecule has 1 saturated heterocycles. The summed E-state index contributed by atoms with van der Waals surface area (Å²) in [4.78, 5) is 21.3. The van der Waals surface area contributed by atoms with E-state index in [1.165, 1.54) is 4.88 Å². The largest absolute Gasteiger partial charge is 0.354 e. The molecule has 1 aliphatic rings. The highest BCUT2D eigenvalue weighted by molar-refractivity contribution is 7.10. The summed E-state index contributed by atoms with van der Waals surface area (Å²) >= 11 is 1.80. The third-order valence-electron chi connectivity index (χ3n) is 4.57. The minimum absolute atomic E-state index is 0.339. The maximum absolute atomic E-state index is 4.49. The third kappa shape index (κ3) is 4.50. The van der Waals surface area contributed by atoms with Gasteiger partial charge in [0.05, 0.1) is 6.04 Å². The van der Waals surface area contributed by atoms with Gasteiger partial charge in [-0.25, -0.2) is 9.97 Å². The Morgan fingerprint density at radius 3 is 2.54 bits per heavy atom. The van der Waals surface area contributed by atoms with Crippen LogP contribution in [0.25, 0.3) is 0 Å². The van der Waals surface area contributed by atoms with Crippen LogP contribution in [0.4, 0.5) is 5.95 Å². The Kier molecular flexibility index (Phi) is 6.40. The average Bonchev–Trinajstić information content (AvgIpc) is 3.20. The number of rotatable bonds is 5. The van der Waals surface area contributed by atoms with Gasteiger partial charge >= 0.3 is 0 Å². The molecular weight excluding hydrogens is 346 g/mol. The zero-order valence-corrected chi connectivity index (χ0v) is 16.5. The van der Waals surface area contributed by atoms with E-state index in [-0.39, 0.29) is 0 Å². The summed E-state index contributed by atoms with van der Waals surface area (Å²) in [7, 11) is 6.09. The van der Waals surface area contributed by atoms with E-state index in [2.05, 4.69) is 66.6 Å². The average molecular weight is 374 g/mol. The number of nitrogens with one attached hydrogen (secondary N) is 1. The number of anilines is 1. The lowest BCUT2D eigenvalue weighted by atomic mass is 10.2. The van der Waals surface area contributed by atoms with Crippen molar-refractivity contribution in [1.29, 1.82) is 0 Å². The summed E-state index contributed by atoms with van der Waals surface area (Å²) in [5.74, 6) is 1.77. The van der Waals surface area contributed by atoms with Crippen molar-refractivity contribution < 1.29 is 0 Å². The zero-order valence-electron chi connectivity index (χ0n) is 15.7. The third-order valence-corrected chi connectivity index (χ3v) is 5.55. The zero-order chi connectivity index (χ0) is 18.4. The van der Waals surface area contributed by atoms with Crippen LogP contribution in [0.15, 0.2) is 41.0 Å². The van der Waals surface area contributed by atoms with E-state index >= 15 is 0 Å². The van der Waals surface area contributed by atoms with Gasteiger partial charge in [0, 0.05) is 57.0 Å². The van der Waals surface area contributed by atoms with Crippen molar-refractivity contribution >= 4 is 23.2 Å². The van der Waals surface area contributed by atoms with Crippen molar-refractivity contribution in [1.82, 2.24) is 25.1 Å². The van der Waals surface area contributed by atoms with E-state index in [1.54, 1.807) is 23.7 Å². The Balaban J connectivity index is 1.55. The molecule has 0 spiro atoms. The number of nitrogens with zero attached hydrogens (tertiary/aromatic N) is 6. The van der Waals surface area contributed by atoms with Gasteiger partial charge in [-0.3, -0.25) is 4.99 Å². The van der Waals surface area contributed by atoms with Gasteiger partial charge < -0.3 is 20.0 Å². The van der Waals surface area contributed by atoms with E-state index in [9.17, 15) is 0 Å². The maximum Gasteiger partial charge on any atom is 0.225 e. The number of likely N-dealkylation sites (N-methyl/N-ethyl adjacent to an activating group) is 1. The van der Waals surface area contributed by atoms with Crippen LogP contribution in [0.2, 0.25) is 0 Å². The number of aliphatic imine (C=N–C) groups is 1. The lowest BCUT2D eigenvalue weighted by Crippen LogP contribution is -2.53. The first-order valence-corrected chi connectivity index (χ1v) is 9.74. The topological polar surface area (TPSA) is 59.9 Å². The first-order valence-electron chi connectivity index (χ1n) is 8.86. The van der Waals surface area contributed by atoms with Crippen molar-refractivity contribution in [3.05, 3.63) is 40.8 Å². The minimum Gasteiger partial charge on any atom is -0.354 e. The molecule has 1 N–H and O–H groups in total. The van der Waals surface area contributed by atoms with Crippen LogP contribution < -0.4 is 10.2 Å². The number of aromatic nitrogens is 2. The fourth-order valence-corrected chi connectivity index (χ4v) is 4.03. The molecule has 0 amide bonds. The molecule has 1 aliphatic heterocycles. The number of guanidine groups is 1. The van der Waals surface area contributed by atoms with Gasteiger partial charge in [0.1, 0.15) is 0 Å². The fraction of sp³-hybridized carbons (Fsp3) is 0.500. The van der Waals surface area contributed by atoms with Crippen LogP contribution in [0.5, 0.6) is 0 Å². The molecule has 1 unspecified atom stereocenters. The molecule has 0 bridgehead atoms. The highest BCUT2D eigenvalue weighted by Crippen LogP contribution is 2.22. The van der Waals surface area contributed by atoms with Gasteiger partial charge in [0.2, 0.25) is 5.95 Å². The molecule has 2 aromatic heterocycles. The summed E-state index contributed by atoms with van der Waals surface area (Å²) in [6.07, 6.45) is 3.59. The van der Waals surface area contributed by atoms with Crippen LogP contribution in [-0.4, -0.2) is 79.6 Å². The van der Waals surface area contributed by atoms with E-state index in [0.29, 0.717) is 6.04 Å². The van der Waals surface area contributed by atoms with Gasteiger partial charge in [-0.1, -0.05) is 6.07 Å². The molecule has 26 heavy (non-hydrogen) atoms. The fourth-order valence-electron chi connectivity index (χ4n) is 3.11. The summed E-state index contributed by atoms with van der Waals surface area (Å²) in [6.45, 7) is 4.44. The van der Waals surface area contributed by atoms with Crippen molar-refractivity contribution in [3.63, 3.8) is 0 Å². The number of hydrogen-bond acceptors (Lipinski definition) is 6. The van der Waals surface area contributed by atoms with Crippen molar-refractivity contribution in [3.8, 4) is 0 Å². The minimum atomic E-state index is 0.339. The molecule has 8 heteroatoms. The molecule has 7 nitrogen and oxygen atoms in total. The highest BCUT2D eigenvalue weighted by atomic mass is 32.1. The van der Waals surface area contributed by atoms with Gasteiger partial charge in [-0.05, 0) is 31.6 Å². The first-order chi connectivity index (χ1) is 12.7. The molecule has 2 aromatic rings. The number of piperazine rings is 1. The standard InChI is InChI=1S/C18H27N7S/c1-19-17(22-14-15(23(2)3)16-6-4-13-26-16)24-9-11-25(12-10-24)18-20-7-5-8-21-18/h4-8,13,15H,9-12,14H2,1-3H3,(H,19,22). The molecule has 0 radical (unpaired) electrons. The first kappa shape index (κ1) is 18.6. The van der Waals surface area contributed by atoms with Crippen LogP contribution in [-0.2, 0) is 0 Å². The highest BCUT2D eigenvalue weighted by Gasteiger charge is 2.22. The number of hydrogen-bond donors (Lipinski definition) is 1. The molecule has 0 saturated carbocycles. The van der Waals surface area contributed by atoms with E-state index in [0.717, 1.165) is 44.6 Å². The van der Waals surface area contributed by atoms with Gasteiger partial charge in [-0.2, -0.15) is 0 Å². The van der Waals surface area contributed by atoms with Gasteiger partial charge in [-0.15, -0.1) is 11.3 Å². The summed E-state index contributed by atoms with van der Waals surface area (Å²) in [6, 6.07) is 6.49. The van der Waals surface area contributed by atoms with Crippen molar-refractivity contribution in [2.45, 2.75) is 6.04 Å². The lowest BCUT2D eigenvalue weighted by molar-refractivity contribution is 0.296. The predicted molar refractivity (Wildman–Crippen MR) is 108 cm³/mol. The molecule has 140 valence electrons. The van der Waals surface area contributed by atoms with E-state index < -0.39 is 0 Å². The summed E-state index contributed by atoms with van der Waals surface area (Å²) in [5, 5.41) is 5.69. The molecule has 1 atom stereocenters. The normalized spacial score (nSPS) is 16.8. The Hall–Kier alpha value is -2.19. The van der Waals surface area contributed by atoms with Gasteiger partial charge in [0.25, 0.3) is 0 Å². The van der Waals surface area contributed by atoms with Crippen molar-refractivity contribution in [2.24, 2.45) is 4.99 Å². The Morgan fingerprint density at radius 1 is 1.23 bits per heavy atom. The molecule has 0 aliphatic carbocycles. The monoisotopic (exact) mass is 373 g/mol. The Morgan fingerprint density at radius 2 is 1.96 bits per heavy atom. The Labute approximate surface area is 159 Å². The predicted octanol–water partition coefficient (Wildman–Crippen LogP) is 1.54. The Bertz CT molecular complexity index is 679. The van der Waals surface area contributed by atoms with Crippen LogP contribution >= 0.6 is 11.3 Å². The molecular formula is C18H27N7S. The second-order valence-electron chi connectivity index (χ2n) is 6.45. The second-order valence-corrected chi connectivity index (χ2v) is 7.43. The SMILES string of the molecule is CN=C(NCC(c1cccs1)N(C)C)N1CCN(c2ncccn2)CC1. The molecule has 3 heterocycles. The summed E-state index contributed by atoms with van der Waals surface area (Å²) in [5.41, 5.74) is 0. The smallest absolute Gasteiger partial charge is 0.225 e. The second kappa shape index (κ2) is 8.95. The van der Waals surface area contributed by atoms with Crippen molar-refractivity contribution in [2.75, 3.05) is 58.8 Å². The lowest BCUT2D eigenvalue weighted by Gasteiger charge is -2.37. The maximum atomic E-state index is 4.49. The number of thiophene rings is 1. The molecule has 0 aromatic carbocycles. The van der Waals surface area contributed by atoms with E-state index in [4.69, 9.17) is 0 Å². The van der Waals surface area contributed by atoms with Crippen LogP contribution in [0.1, 0.15) is 10.9 Å². The van der Waals surface area contributed by atoms with E-state index in [1.807, 2.05) is 13.1 Å². The van der Waals surface area contributed by atoms with Crippen LogP contribution in [0, 0.1) is 0 Å². The molecule has 1 fully saturated rings.